The topological polar surface area (TPSA) is 26.0 Å². The van der Waals surface area contributed by atoms with Crippen LogP contribution in [0.2, 0.25) is 0 Å². The van der Waals surface area contributed by atoms with Crippen LogP contribution in [0.4, 0.5) is 5.69 Å². The van der Waals surface area contributed by atoms with Gasteiger partial charge in [0.1, 0.15) is 0 Å². The van der Waals surface area contributed by atoms with E-state index in [-0.39, 0.29) is 0 Å². The third-order valence-electron chi connectivity index (χ3n) is 1.76. The van der Waals surface area contributed by atoms with Gasteiger partial charge >= 0.3 is 0 Å². The highest BCUT2D eigenvalue weighted by atomic mass is 127. The molecule has 0 aliphatic heterocycles. The van der Waals surface area contributed by atoms with E-state index in [1.807, 2.05) is 19.1 Å². The monoisotopic (exact) mass is 247 g/mol. The highest BCUT2D eigenvalue weighted by molar-refractivity contribution is 14.1. The quantitative estimate of drug-likeness (QED) is 0.553. The van der Waals surface area contributed by atoms with Crippen LogP contribution in [0.1, 0.15) is 11.1 Å². The first kappa shape index (κ1) is 7.85. The second-order valence-electron chi connectivity index (χ2n) is 2.39. The number of halogens is 1. The number of rotatable bonds is 0. The van der Waals surface area contributed by atoms with Crippen molar-refractivity contribution in [1.82, 2.24) is 0 Å². The Labute approximate surface area is 74.8 Å². The minimum Gasteiger partial charge on any atom is -0.399 e. The molecule has 1 aromatic rings. The van der Waals surface area contributed by atoms with Crippen molar-refractivity contribution >= 4 is 28.3 Å². The van der Waals surface area contributed by atoms with Gasteiger partial charge in [0.2, 0.25) is 0 Å². The average molecular weight is 247 g/mol. The first-order valence-electron chi connectivity index (χ1n) is 3.14. The zero-order valence-electron chi connectivity index (χ0n) is 6.11. The van der Waals surface area contributed by atoms with Crippen LogP contribution < -0.4 is 5.73 Å². The maximum atomic E-state index is 5.69. The first-order chi connectivity index (χ1) is 4.63. The Bertz CT molecular complexity index is 229. The molecule has 0 aliphatic rings. The van der Waals surface area contributed by atoms with Gasteiger partial charge in [-0.15, -0.1) is 0 Å². The van der Waals surface area contributed by atoms with Crippen LogP contribution in [0.25, 0.3) is 0 Å². The number of nitrogen functional groups attached to an aromatic ring is 1. The van der Waals surface area contributed by atoms with E-state index < -0.39 is 0 Å². The molecule has 54 valence electrons. The fraction of sp³-hybridized carbons (Fsp3) is 0.250. The van der Waals surface area contributed by atoms with Gasteiger partial charge in [-0.25, -0.2) is 0 Å². The maximum absolute atomic E-state index is 5.69. The summed E-state index contributed by atoms with van der Waals surface area (Å²) in [7, 11) is 0. The fourth-order valence-electron chi connectivity index (χ4n) is 0.809. The van der Waals surface area contributed by atoms with Gasteiger partial charge in [-0.2, -0.15) is 0 Å². The van der Waals surface area contributed by atoms with Gasteiger partial charge in [0.25, 0.3) is 0 Å². The molecule has 0 saturated carbocycles. The van der Waals surface area contributed by atoms with E-state index in [4.69, 9.17) is 5.73 Å². The molecule has 0 unspecified atom stereocenters. The lowest BCUT2D eigenvalue weighted by atomic mass is 10.1. The lowest BCUT2D eigenvalue weighted by Crippen LogP contribution is -1.93. The molecule has 0 radical (unpaired) electrons. The second kappa shape index (κ2) is 2.78. The molecular formula is C8H10IN. The zero-order chi connectivity index (χ0) is 7.72. The molecule has 0 bridgehead atoms. The van der Waals surface area contributed by atoms with Crippen LogP contribution in [0.5, 0.6) is 0 Å². The Kier molecular flexibility index (Phi) is 2.18. The standard InChI is InChI=1S/C8H10IN/c1-5-6(2)8(10)4-3-7(5)9/h3-4H,10H2,1-2H3. The molecule has 0 aromatic heterocycles. The summed E-state index contributed by atoms with van der Waals surface area (Å²) in [5.41, 5.74) is 9.07. The molecule has 1 aromatic carbocycles. The SMILES string of the molecule is Cc1c(N)ccc(I)c1C. The van der Waals surface area contributed by atoms with Crippen LogP contribution in [-0.4, -0.2) is 0 Å². The predicted octanol–water partition coefficient (Wildman–Crippen LogP) is 2.49. The van der Waals surface area contributed by atoms with Gasteiger partial charge in [0.15, 0.2) is 0 Å². The third-order valence-corrected chi connectivity index (χ3v) is 2.93. The highest BCUT2D eigenvalue weighted by Crippen LogP contribution is 2.20. The van der Waals surface area contributed by atoms with Crippen molar-refractivity contribution in [3.63, 3.8) is 0 Å². The molecule has 2 N–H and O–H groups in total. The molecule has 0 saturated heterocycles. The smallest absolute Gasteiger partial charge is 0.0347 e. The van der Waals surface area contributed by atoms with Gasteiger partial charge < -0.3 is 5.73 Å². The summed E-state index contributed by atoms with van der Waals surface area (Å²) in [5, 5.41) is 0. The molecule has 1 nitrogen and oxygen atoms in total. The van der Waals surface area contributed by atoms with E-state index in [0.29, 0.717) is 0 Å². The largest absolute Gasteiger partial charge is 0.399 e. The van der Waals surface area contributed by atoms with Crippen LogP contribution in [0.3, 0.4) is 0 Å². The minimum atomic E-state index is 0.887. The van der Waals surface area contributed by atoms with Gasteiger partial charge in [-0.05, 0) is 59.7 Å². The van der Waals surface area contributed by atoms with E-state index >= 15 is 0 Å². The van der Waals surface area contributed by atoms with Crippen molar-refractivity contribution in [3.05, 3.63) is 26.8 Å². The summed E-state index contributed by atoms with van der Waals surface area (Å²) < 4.78 is 1.28. The fourth-order valence-corrected chi connectivity index (χ4v) is 1.39. The number of hydrogen-bond acceptors (Lipinski definition) is 1. The van der Waals surface area contributed by atoms with Gasteiger partial charge in [0.05, 0.1) is 0 Å². The lowest BCUT2D eigenvalue weighted by molar-refractivity contribution is 1.32. The number of anilines is 1. The zero-order valence-corrected chi connectivity index (χ0v) is 8.27. The predicted molar refractivity (Wildman–Crippen MR) is 53.0 cm³/mol. The summed E-state index contributed by atoms with van der Waals surface area (Å²) in [6.45, 7) is 4.14. The molecule has 2 heteroatoms. The molecule has 0 amide bonds. The normalized spacial score (nSPS) is 9.90. The van der Waals surface area contributed by atoms with Crippen LogP contribution >= 0.6 is 22.6 Å². The third kappa shape index (κ3) is 1.26. The first-order valence-corrected chi connectivity index (χ1v) is 4.22. The van der Waals surface area contributed by atoms with Crippen molar-refractivity contribution in [1.29, 1.82) is 0 Å². The maximum Gasteiger partial charge on any atom is 0.0347 e. The van der Waals surface area contributed by atoms with Crippen molar-refractivity contribution in [2.45, 2.75) is 13.8 Å². The van der Waals surface area contributed by atoms with Crippen molar-refractivity contribution in [2.24, 2.45) is 0 Å². The van der Waals surface area contributed by atoms with Crippen molar-refractivity contribution in [2.75, 3.05) is 5.73 Å². The number of benzene rings is 1. The number of hydrogen-bond donors (Lipinski definition) is 1. The highest BCUT2D eigenvalue weighted by Gasteiger charge is 1.99. The van der Waals surface area contributed by atoms with E-state index in [0.717, 1.165) is 5.69 Å². The molecular weight excluding hydrogens is 237 g/mol. The second-order valence-corrected chi connectivity index (χ2v) is 3.55. The van der Waals surface area contributed by atoms with Crippen molar-refractivity contribution in [3.8, 4) is 0 Å². The van der Waals surface area contributed by atoms with E-state index in [2.05, 4.69) is 29.5 Å². The van der Waals surface area contributed by atoms with Gasteiger partial charge in [0, 0.05) is 9.26 Å². The minimum absolute atomic E-state index is 0.887. The Balaban J connectivity index is 3.34. The Hall–Kier alpha value is -0.250. The molecule has 0 fully saturated rings. The molecule has 1 rings (SSSR count). The lowest BCUT2D eigenvalue weighted by Gasteiger charge is -2.04. The van der Waals surface area contributed by atoms with Crippen LogP contribution in [0, 0.1) is 17.4 Å². The average Bonchev–Trinajstić information content (AvgIpc) is 1.93. The molecule has 0 heterocycles. The van der Waals surface area contributed by atoms with E-state index in [1.165, 1.54) is 14.7 Å². The Morgan fingerprint density at radius 2 is 1.80 bits per heavy atom. The molecule has 10 heavy (non-hydrogen) atoms. The van der Waals surface area contributed by atoms with Gasteiger partial charge in [-0.1, -0.05) is 0 Å². The summed E-state index contributed by atoms with van der Waals surface area (Å²) >= 11 is 2.31. The Morgan fingerprint density at radius 3 is 2.30 bits per heavy atom. The number of nitrogens with two attached hydrogens (primary N) is 1. The summed E-state index contributed by atoms with van der Waals surface area (Å²) in [6, 6.07) is 3.99. The molecule has 0 aliphatic carbocycles. The van der Waals surface area contributed by atoms with E-state index in [9.17, 15) is 0 Å². The summed E-state index contributed by atoms with van der Waals surface area (Å²) in [4.78, 5) is 0. The molecule has 0 atom stereocenters. The van der Waals surface area contributed by atoms with Crippen LogP contribution in [0.15, 0.2) is 12.1 Å². The van der Waals surface area contributed by atoms with Gasteiger partial charge in [-0.3, -0.25) is 0 Å². The van der Waals surface area contributed by atoms with Crippen LogP contribution in [-0.2, 0) is 0 Å². The van der Waals surface area contributed by atoms with Crippen molar-refractivity contribution < 1.29 is 0 Å². The molecule has 0 spiro atoms. The van der Waals surface area contributed by atoms with E-state index in [1.54, 1.807) is 0 Å². The summed E-state index contributed by atoms with van der Waals surface area (Å²) in [6.07, 6.45) is 0. The Morgan fingerprint density at radius 1 is 1.20 bits per heavy atom. The summed E-state index contributed by atoms with van der Waals surface area (Å²) in [5.74, 6) is 0.